The molecule has 1 aromatic heterocycles. The quantitative estimate of drug-likeness (QED) is 0.792. The third-order valence-electron chi connectivity index (χ3n) is 2.43. The molecule has 0 unspecified atom stereocenters. The Morgan fingerprint density at radius 2 is 2.19 bits per heavy atom. The molecule has 3 nitrogen and oxygen atoms in total. The van der Waals surface area contributed by atoms with E-state index >= 15 is 0 Å². The molecule has 16 heavy (non-hydrogen) atoms. The molecule has 1 aliphatic heterocycles. The SMILES string of the molecule is O=C1CCCN(C(=O)c2cc(Cl)sc2Cl)C1. The van der Waals surface area contributed by atoms with E-state index in [4.69, 9.17) is 23.2 Å². The molecular formula is C10H9Cl2NO2S. The third kappa shape index (κ3) is 2.39. The standard InChI is InChI=1S/C10H9Cl2NO2S/c11-8-4-7(9(12)16-8)10(15)13-3-1-2-6(14)5-13/h4H,1-3,5H2. The van der Waals surface area contributed by atoms with Crippen molar-refractivity contribution in [3.63, 3.8) is 0 Å². The lowest BCUT2D eigenvalue weighted by molar-refractivity contribution is -0.121. The number of nitrogens with zero attached hydrogens (tertiary/aromatic N) is 1. The van der Waals surface area contributed by atoms with Gasteiger partial charge >= 0.3 is 0 Å². The number of halogens is 2. The lowest BCUT2D eigenvalue weighted by Crippen LogP contribution is -2.40. The number of piperidine rings is 1. The van der Waals surface area contributed by atoms with Crippen LogP contribution in [0.2, 0.25) is 8.67 Å². The molecule has 6 heteroatoms. The van der Waals surface area contributed by atoms with Crippen LogP contribution >= 0.6 is 34.5 Å². The fourth-order valence-electron chi connectivity index (χ4n) is 1.67. The van der Waals surface area contributed by atoms with Crippen molar-refractivity contribution in [2.24, 2.45) is 0 Å². The van der Waals surface area contributed by atoms with Gasteiger partial charge in [-0.15, -0.1) is 11.3 Å². The Kier molecular flexibility index (Phi) is 3.52. The maximum absolute atomic E-state index is 12.0. The highest BCUT2D eigenvalue weighted by molar-refractivity contribution is 7.20. The first-order valence-corrected chi connectivity index (χ1v) is 6.41. The molecule has 0 spiro atoms. The number of Topliss-reactive ketones (excluding diaryl/α,β-unsaturated/α-hetero) is 1. The topological polar surface area (TPSA) is 37.4 Å². The highest BCUT2D eigenvalue weighted by Gasteiger charge is 2.25. The molecule has 1 fully saturated rings. The summed E-state index contributed by atoms with van der Waals surface area (Å²) in [7, 11) is 0. The number of carbonyl (C=O) groups excluding carboxylic acids is 2. The molecule has 1 aliphatic rings. The zero-order chi connectivity index (χ0) is 11.7. The zero-order valence-electron chi connectivity index (χ0n) is 8.33. The second-order valence-electron chi connectivity index (χ2n) is 3.61. The fraction of sp³-hybridized carbons (Fsp3) is 0.400. The first-order valence-electron chi connectivity index (χ1n) is 4.83. The summed E-state index contributed by atoms with van der Waals surface area (Å²) in [5.74, 6) is -0.113. The average Bonchev–Trinajstić information content (AvgIpc) is 2.57. The molecule has 1 aromatic rings. The second kappa shape index (κ2) is 4.73. The van der Waals surface area contributed by atoms with Crippen LogP contribution in [0.5, 0.6) is 0 Å². The Morgan fingerprint density at radius 1 is 1.44 bits per heavy atom. The summed E-state index contributed by atoms with van der Waals surface area (Å²) in [6, 6.07) is 1.55. The van der Waals surface area contributed by atoms with E-state index in [0.29, 0.717) is 27.2 Å². The summed E-state index contributed by atoms with van der Waals surface area (Å²) in [5, 5.41) is 0. The van der Waals surface area contributed by atoms with Gasteiger partial charge in [0.1, 0.15) is 4.34 Å². The van der Waals surface area contributed by atoms with Crippen molar-refractivity contribution in [2.75, 3.05) is 13.1 Å². The Labute approximate surface area is 107 Å². The van der Waals surface area contributed by atoms with Gasteiger partial charge in [-0.25, -0.2) is 0 Å². The van der Waals surface area contributed by atoms with Gasteiger partial charge in [0.25, 0.3) is 5.91 Å². The number of ketones is 1. The van der Waals surface area contributed by atoms with Crippen molar-refractivity contribution in [1.82, 2.24) is 4.90 Å². The third-order valence-corrected chi connectivity index (χ3v) is 3.91. The number of thiophene rings is 1. The minimum atomic E-state index is -0.207. The van der Waals surface area contributed by atoms with Crippen LogP contribution in [-0.4, -0.2) is 29.7 Å². The maximum Gasteiger partial charge on any atom is 0.256 e. The van der Waals surface area contributed by atoms with Gasteiger partial charge in [0, 0.05) is 13.0 Å². The molecule has 2 rings (SSSR count). The number of likely N-dealkylation sites (tertiary alicyclic amines) is 1. The first kappa shape index (κ1) is 11.9. The normalized spacial score (nSPS) is 16.6. The molecule has 1 amide bonds. The van der Waals surface area contributed by atoms with Gasteiger partial charge in [-0.2, -0.15) is 0 Å². The summed E-state index contributed by atoms with van der Waals surface area (Å²) in [5.41, 5.74) is 0.395. The van der Waals surface area contributed by atoms with Gasteiger partial charge < -0.3 is 4.90 Å². The number of amides is 1. The second-order valence-corrected chi connectivity index (χ2v) is 5.89. The summed E-state index contributed by atoms with van der Waals surface area (Å²) < 4.78 is 0.865. The monoisotopic (exact) mass is 277 g/mol. The van der Waals surface area contributed by atoms with Gasteiger partial charge in [0.15, 0.2) is 5.78 Å². The molecule has 0 saturated carbocycles. The van der Waals surface area contributed by atoms with Crippen molar-refractivity contribution >= 4 is 46.2 Å². The largest absolute Gasteiger partial charge is 0.331 e. The van der Waals surface area contributed by atoms with Crippen LogP contribution in [0.25, 0.3) is 0 Å². The highest BCUT2D eigenvalue weighted by atomic mass is 35.5. The molecule has 0 atom stereocenters. The minimum absolute atomic E-state index is 0.0945. The lowest BCUT2D eigenvalue weighted by Gasteiger charge is -2.25. The molecule has 0 radical (unpaired) electrons. The van der Waals surface area contributed by atoms with E-state index in [-0.39, 0.29) is 18.2 Å². The van der Waals surface area contributed by atoms with Gasteiger partial charge in [0.05, 0.1) is 16.4 Å². The Balaban J connectivity index is 2.18. The summed E-state index contributed by atoms with van der Waals surface area (Å²) in [6.07, 6.45) is 1.28. The van der Waals surface area contributed by atoms with E-state index in [1.54, 1.807) is 6.07 Å². The molecule has 0 bridgehead atoms. The van der Waals surface area contributed by atoms with E-state index in [0.717, 1.165) is 17.8 Å². The zero-order valence-corrected chi connectivity index (χ0v) is 10.7. The van der Waals surface area contributed by atoms with E-state index in [2.05, 4.69) is 0 Å². The Bertz CT molecular complexity index is 444. The van der Waals surface area contributed by atoms with Crippen molar-refractivity contribution in [3.8, 4) is 0 Å². The van der Waals surface area contributed by atoms with Crippen molar-refractivity contribution in [3.05, 3.63) is 20.3 Å². The van der Waals surface area contributed by atoms with Crippen LogP contribution in [0.1, 0.15) is 23.2 Å². The number of hydrogen-bond acceptors (Lipinski definition) is 3. The number of carbonyl (C=O) groups is 2. The highest BCUT2D eigenvalue weighted by Crippen LogP contribution is 2.32. The van der Waals surface area contributed by atoms with E-state index in [9.17, 15) is 9.59 Å². The fourth-order valence-corrected chi connectivity index (χ4v) is 3.12. The van der Waals surface area contributed by atoms with Crippen LogP contribution in [-0.2, 0) is 4.79 Å². The van der Waals surface area contributed by atoms with Crippen LogP contribution in [0, 0.1) is 0 Å². The van der Waals surface area contributed by atoms with Crippen molar-refractivity contribution in [2.45, 2.75) is 12.8 Å². The van der Waals surface area contributed by atoms with Crippen LogP contribution in [0.3, 0.4) is 0 Å². The molecule has 0 N–H and O–H groups in total. The van der Waals surface area contributed by atoms with Crippen molar-refractivity contribution in [1.29, 1.82) is 0 Å². The molecule has 86 valence electrons. The van der Waals surface area contributed by atoms with E-state index < -0.39 is 0 Å². The smallest absolute Gasteiger partial charge is 0.256 e. The van der Waals surface area contributed by atoms with Gasteiger partial charge in [0.2, 0.25) is 0 Å². The Hall–Kier alpha value is -0.580. The average molecular weight is 278 g/mol. The lowest BCUT2D eigenvalue weighted by atomic mass is 10.1. The molecule has 0 aliphatic carbocycles. The van der Waals surface area contributed by atoms with Crippen LogP contribution in [0.4, 0.5) is 0 Å². The Morgan fingerprint density at radius 3 is 2.75 bits per heavy atom. The first-order chi connectivity index (χ1) is 7.58. The molecule has 1 saturated heterocycles. The van der Waals surface area contributed by atoms with E-state index in [1.807, 2.05) is 0 Å². The van der Waals surface area contributed by atoms with Gasteiger partial charge in [-0.05, 0) is 12.5 Å². The predicted molar refractivity (Wildman–Crippen MR) is 64.5 cm³/mol. The van der Waals surface area contributed by atoms with Crippen molar-refractivity contribution < 1.29 is 9.59 Å². The maximum atomic E-state index is 12.0. The minimum Gasteiger partial charge on any atom is -0.331 e. The summed E-state index contributed by atoms with van der Waals surface area (Å²) >= 11 is 12.8. The van der Waals surface area contributed by atoms with Crippen LogP contribution in [0.15, 0.2) is 6.07 Å². The van der Waals surface area contributed by atoms with Crippen LogP contribution < -0.4 is 0 Å². The molecular weight excluding hydrogens is 269 g/mol. The molecule has 2 heterocycles. The predicted octanol–water partition coefficient (Wildman–Crippen LogP) is 2.86. The van der Waals surface area contributed by atoms with Gasteiger partial charge in [-0.3, -0.25) is 9.59 Å². The molecule has 0 aromatic carbocycles. The number of rotatable bonds is 1. The summed E-state index contributed by atoms with van der Waals surface area (Å²) in [4.78, 5) is 24.8. The number of hydrogen-bond donors (Lipinski definition) is 0. The van der Waals surface area contributed by atoms with E-state index in [1.165, 1.54) is 4.90 Å². The van der Waals surface area contributed by atoms with Gasteiger partial charge in [-0.1, -0.05) is 23.2 Å². The summed E-state index contributed by atoms with van der Waals surface area (Å²) in [6.45, 7) is 0.789.